The summed E-state index contributed by atoms with van der Waals surface area (Å²) >= 11 is 3.41. The monoisotopic (exact) mass is 559 g/mol. The number of nitrogens with one attached hydrogen (secondary N) is 2. The lowest BCUT2D eigenvalue weighted by Crippen LogP contribution is -2.38. The molecule has 0 saturated carbocycles. The van der Waals surface area contributed by atoms with Gasteiger partial charge in [0.1, 0.15) is 12.2 Å². The molecule has 0 aliphatic carbocycles. The third-order valence-electron chi connectivity index (χ3n) is 4.88. The van der Waals surface area contributed by atoms with Crippen molar-refractivity contribution >= 4 is 51.5 Å². The zero-order valence-corrected chi connectivity index (χ0v) is 21.6. The lowest BCUT2D eigenvalue weighted by molar-refractivity contribution is -0.145. The quantitative estimate of drug-likeness (QED) is 0.259. The Hall–Kier alpha value is -3.86. The number of anilines is 1. The lowest BCUT2D eigenvalue weighted by Gasteiger charge is -2.14. The highest BCUT2D eigenvalue weighted by atomic mass is 79.9. The number of amides is 4. The van der Waals surface area contributed by atoms with E-state index in [0.29, 0.717) is 33.8 Å². The molecule has 190 valence electrons. The molecule has 2 aromatic rings. The Labute approximate surface area is 216 Å². The fourth-order valence-electron chi connectivity index (χ4n) is 3.32. The van der Waals surface area contributed by atoms with E-state index in [9.17, 15) is 19.2 Å². The van der Waals surface area contributed by atoms with Crippen LogP contribution in [0.25, 0.3) is 6.08 Å². The van der Waals surface area contributed by atoms with Crippen molar-refractivity contribution in [2.45, 2.75) is 20.8 Å². The highest BCUT2D eigenvalue weighted by molar-refractivity contribution is 9.10. The van der Waals surface area contributed by atoms with Gasteiger partial charge < -0.3 is 24.8 Å². The molecule has 1 saturated heterocycles. The molecule has 1 aliphatic heterocycles. The van der Waals surface area contributed by atoms with Crippen LogP contribution in [0.1, 0.15) is 25.0 Å². The van der Waals surface area contributed by atoms with Crippen LogP contribution in [0.15, 0.2) is 46.6 Å². The van der Waals surface area contributed by atoms with Gasteiger partial charge in [0.2, 0.25) is 5.91 Å². The van der Waals surface area contributed by atoms with Gasteiger partial charge in [0.05, 0.1) is 13.2 Å². The zero-order chi connectivity index (χ0) is 26.2. The van der Waals surface area contributed by atoms with Gasteiger partial charge in [-0.3, -0.25) is 9.59 Å². The molecule has 4 amide bonds. The molecule has 0 bridgehead atoms. The van der Waals surface area contributed by atoms with Crippen LogP contribution in [-0.2, 0) is 19.1 Å². The highest BCUT2D eigenvalue weighted by Crippen LogP contribution is 2.35. The minimum atomic E-state index is -0.707. The van der Waals surface area contributed by atoms with Gasteiger partial charge in [-0.1, -0.05) is 28.1 Å². The van der Waals surface area contributed by atoms with Gasteiger partial charge in [0.25, 0.3) is 5.91 Å². The van der Waals surface area contributed by atoms with Crippen molar-refractivity contribution in [1.29, 1.82) is 0 Å². The summed E-state index contributed by atoms with van der Waals surface area (Å²) < 4.78 is 16.5. The molecule has 2 N–H and O–H groups in total. The molecule has 0 radical (unpaired) electrons. The summed E-state index contributed by atoms with van der Waals surface area (Å²) in [6, 6.07) is 9.66. The molecule has 11 heteroatoms. The number of benzene rings is 2. The number of nitrogens with zero attached hydrogens (tertiary/aromatic N) is 1. The number of esters is 1. The van der Waals surface area contributed by atoms with E-state index in [-0.39, 0.29) is 18.9 Å². The van der Waals surface area contributed by atoms with E-state index < -0.39 is 30.4 Å². The Kier molecular flexibility index (Phi) is 9.07. The average molecular weight is 560 g/mol. The van der Waals surface area contributed by atoms with E-state index in [0.717, 1.165) is 10.5 Å². The third kappa shape index (κ3) is 6.85. The number of hydrogen-bond donors (Lipinski definition) is 2. The molecule has 1 heterocycles. The number of halogens is 1. The maximum atomic E-state index is 12.9. The summed E-state index contributed by atoms with van der Waals surface area (Å²) in [7, 11) is 0. The number of ether oxygens (including phenoxy) is 3. The summed E-state index contributed by atoms with van der Waals surface area (Å²) in [5.74, 6) is -1.04. The van der Waals surface area contributed by atoms with Gasteiger partial charge in [0, 0.05) is 10.2 Å². The topological polar surface area (TPSA) is 123 Å². The largest absolute Gasteiger partial charge is 0.490 e. The average Bonchev–Trinajstić information content (AvgIpc) is 3.07. The first-order chi connectivity index (χ1) is 17.2. The maximum absolute atomic E-state index is 12.9. The van der Waals surface area contributed by atoms with Crippen LogP contribution in [0.2, 0.25) is 0 Å². The number of carbonyl (C=O) groups excluding carboxylic acids is 4. The number of carbonyl (C=O) groups is 4. The number of aryl methyl sites for hydroxylation is 1. The Morgan fingerprint density at radius 3 is 2.53 bits per heavy atom. The predicted octanol–water partition coefficient (Wildman–Crippen LogP) is 3.63. The van der Waals surface area contributed by atoms with Crippen LogP contribution in [0.3, 0.4) is 0 Å². The number of hydrogen-bond acceptors (Lipinski definition) is 7. The second kappa shape index (κ2) is 12.2. The van der Waals surface area contributed by atoms with Crippen molar-refractivity contribution in [3.8, 4) is 11.5 Å². The fraction of sp³-hybridized carbons (Fsp3) is 0.280. The number of imide groups is 1. The second-order valence-corrected chi connectivity index (χ2v) is 8.50. The Bertz CT molecular complexity index is 1210. The normalized spacial score (nSPS) is 14.0. The molecule has 2 aromatic carbocycles. The van der Waals surface area contributed by atoms with Crippen molar-refractivity contribution < 1.29 is 33.4 Å². The number of rotatable bonds is 10. The van der Waals surface area contributed by atoms with Crippen LogP contribution in [0, 0.1) is 6.92 Å². The summed E-state index contributed by atoms with van der Waals surface area (Å²) in [5.41, 5.74) is 2.03. The summed E-state index contributed by atoms with van der Waals surface area (Å²) in [6.45, 7) is 5.20. The molecule has 0 atom stereocenters. The molecule has 36 heavy (non-hydrogen) atoms. The van der Waals surface area contributed by atoms with Crippen molar-refractivity contribution in [3.63, 3.8) is 0 Å². The van der Waals surface area contributed by atoms with E-state index in [1.165, 1.54) is 6.08 Å². The first-order valence-corrected chi connectivity index (χ1v) is 12.0. The Morgan fingerprint density at radius 2 is 1.83 bits per heavy atom. The van der Waals surface area contributed by atoms with Crippen LogP contribution in [0.5, 0.6) is 11.5 Å². The minimum Gasteiger partial charge on any atom is -0.490 e. The van der Waals surface area contributed by atoms with Crippen molar-refractivity contribution in [2.24, 2.45) is 0 Å². The number of urea groups is 1. The first kappa shape index (κ1) is 26.7. The molecule has 0 spiro atoms. The lowest BCUT2D eigenvalue weighted by atomic mass is 10.1. The molecule has 10 nitrogen and oxygen atoms in total. The van der Waals surface area contributed by atoms with Crippen molar-refractivity contribution in [3.05, 3.63) is 57.7 Å². The first-order valence-electron chi connectivity index (χ1n) is 11.2. The third-order valence-corrected chi connectivity index (χ3v) is 5.57. The van der Waals surface area contributed by atoms with Gasteiger partial charge in [0.15, 0.2) is 18.1 Å². The van der Waals surface area contributed by atoms with E-state index in [1.54, 1.807) is 44.2 Å². The molecule has 3 rings (SSSR count). The summed E-state index contributed by atoms with van der Waals surface area (Å²) in [5, 5.41) is 5.17. The second-order valence-electron chi connectivity index (χ2n) is 7.64. The summed E-state index contributed by atoms with van der Waals surface area (Å²) in [4.78, 5) is 50.2. The van der Waals surface area contributed by atoms with Gasteiger partial charge >= 0.3 is 12.0 Å². The maximum Gasteiger partial charge on any atom is 0.344 e. The summed E-state index contributed by atoms with van der Waals surface area (Å²) in [6.07, 6.45) is 1.46. The fourth-order valence-corrected chi connectivity index (χ4v) is 3.76. The van der Waals surface area contributed by atoms with E-state index in [4.69, 9.17) is 14.2 Å². The molecule has 0 aromatic heterocycles. The molecule has 1 fully saturated rings. The van der Waals surface area contributed by atoms with Crippen LogP contribution in [-0.4, -0.2) is 55.1 Å². The molecule has 1 aliphatic rings. The van der Waals surface area contributed by atoms with Gasteiger partial charge in [-0.15, -0.1) is 0 Å². The molecular weight excluding hydrogens is 534 g/mol. The molecular formula is C25H26BrN3O7. The van der Waals surface area contributed by atoms with Crippen LogP contribution < -0.4 is 20.1 Å². The van der Waals surface area contributed by atoms with Gasteiger partial charge in [-0.2, -0.15) is 0 Å². The minimum absolute atomic E-state index is 0.00769. The Balaban J connectivity index is 1.75. The van der Waals surface area contributed by atoms with Gasteiger partial charge in [-0.05, 0) is 62.2 Å². The smallest absolute Gasteiger partial charge is 0.344 e. The van der Waals surface area contributed by atoms with E-state index >= 15 is 0 Å². The zero-order valence-electron chi connectivity index (χ0n) is 20.1. The van der Waals surface area contributed by atoms with Crippen molar-refractivity contribution in [1.82, 2.24) is 10.2 Å². The van der Waals surface area contributed by atoms with E-state index in [1.807, 2.05) is 13.0 Å². The van der Waals surface area contributed by atoms with E-state index in [2.05, 4.69) is 26.6 Å². The molecule has 0 unspecified atom stereocenters. The van der Waals surface area contributed by atoms with Crippen LogP contribution in [0.4, 0.5) is 10.5 Å². The van der Waals surface area contributed by atoms with Crippen LogP contribution >= 0.6 is 15.9 Å². The highest BCUT2D eigenvalue weighted by Gasteiger charge is 2.35. The SMILES string of the molecule is CCOC(=O)COc1cc(Br)c(/C=C2/NC(=O)N(CC(=O)Nc3cccc(C)c3)C2=O)cc1OCC. The predicted molar refractivity (Wildman–Crippen MR) is 135 cm³/mol. The Morgan fingerprint density at radius 1 is 1.08 bits per heavy atom. The van der Waals surface area contributed by atoms with Gasteiger partial charge in [-0.25, -0.2) is 14.5 Å². The standard InChI is InChI=1S/C25H26BrN3O7/c1-4-34-20-11-16(18(26)12-21(20)36-14-23(31)35-5-2)10-19-24(32)29(25(33)28-19)13-22(30)27-17-8-6-7-15(3)9-17/h6-12H,4-5,13-14H2,1-3H3,(H,27,30)(H,28,33)/b19-10+. The van der Waals surface area contributed by atoms with Crippen molar-refractivity contribution in [2.75, 3.05) is 31.7 Å².